The zero-order valence-corrected chi connectivity index (χ0v) is 12.7. The summed E-state index contributed by atoms with van der Waals surface area (Å²) in [4.78, 5) is 0. The van der Waals surface area contributed by atoms with Gasteiger partial charge in [-0.05, 0) is 12.3 Å². The van der Waals surface area contributed by atoms with Crippen molar-refractivity contribution in [1.29, 1.82) is 0 Å². The second-order valence-corrected chi connectivity index (χ2v) is 7.87. The van der Waals surface area contributed by atoms with Crippen molar-refractivity contribution in [3.05, 3.63) is 0 Å². The van der Waals surface area contributed by atoms with Crippen LogP contribution < -0.4 is 0 Å². The molecule has 1 unspecified atom stereocenters. The Kier molecular flexibility index (Phi) is 10.5. The van der Waals surface area contributed by atoms with Crippen LogP contribution in [0.3, 0.4) is 0 Å². The van der Waals surface area contributed by atoms with E-state index in [-0.39, 0.29) is 0 Å². The van der Waals surface area contributed by atoms with Crippen LogP contribution in [0.5, 0.6) is 0 Å². The van der Waals surface area contributed by atoms with Gasteiger partial charge in [0.25, 0.3) is 0 Å². The molecular formula is C12H26AlClO. The van der Waals surface area contributed by atoms with E-state index >= 15 is 0 Å². The van der Waals surface area contributed by atoms with Crippen molar-refractivity contribution in [2.75, 3.05) is 6.61 Å². The third kappa shape index (κ3) is 9.70. The van der Waals surface area contributed by atoms with Crippen molar-refractivity contribution in [3.63, 3.8) is 0 Å². The molecule has 1 nitrogen and oxygen atoms in total. The number of unbranched alkanes of at least 4 members (excludes halogenated alkanes) is 1. The van der Waals surface area contributed by atoms with Gasteiger partial charge < -0.3 is 3.79 Å². The average molecular weight is 249 g/mol. The van der Waals surface area contributed by atoms with E-state index in [2.05, 4.69) is 27.7 Å². The van der Waals surface area contributed by atoms with Crippen molar-refractivity contribution in [2.45, 2.75) is 58.7 Å². The van der Waals surface area contributed by atoms with Gasteiger partial charge in [0.15, 0.2) is 0 Å². The molecule has 0 aliphatic rings. The fourth-order valence-electron chi connectivity index (χ4n) is 1.58. The van der Waals surface area contributed by atoms with Gasteiger partial charge in [-0.1, -0.05) is 58.2 Å². The zero-order chi connectivity index (χ0) is 11.7. The first kappa shape index (κ1) is 15.8. The van der Waals surface area contributed by atoms with Gasteiger partial charge in [0.2, 0.25) is 0 Å². The highest BCUT2D eigenvalue weighted by Gasteiger charge is 2.20. The Morgan fingerprint density at radius 2 is 1.93 bits per heavy atom. The first-order valence-corrected chi connectivity index (χ1v) is 9.39. The summed E-state index contributed by atoms with van der Waals surface area (Å²) in [6, 6.07) is 0. The van der Waals surface area contributed by atoms with Crippen molar-refractivity contribution < 1.29 is 3.79 Å². The maximum absolute atomic E-state index is 6.23. The summed E-state index contributed by atoms with van der Waals surface area (Å²) in [6.45, 7) is 9.80. The maximum atomic E-state index is 6.23. The molecular weight excluding hydrogens is 223 g/mol. The van der Waals surface area contributed by atoms with Gasteiger partial charge in [0.05, 0.1) is 0 Å². The van der Waals surface area contributed by atoms with Crippen LogP contribution in [0.25, 0.3) is 0 Å². The lowest BCUT2D eigenvalue weighted by Crippen LogP contribution is -2.18. The van der Waals surface area contributed by atoms with Gasteiger partial charge in [-0.2, -0.15) is 0 Å². The number of halogens is 1. The molecule has 15 heavy (non-hydrogen) atoms. The summed E-state index contributed by atoms with van der Waals surface area (Å²) in [5.41, 5.74) is 0. The molecule has 1 atom stereocenters. The largest absolute Gasteiger partial charge is 0.591 e. The first-order valence-electron chi connectivity index (χ1n) is 6.35. The van der Waals surface area contributed by atoms with E-state index in [0.717, 1.165) is 17.8 Å². The Hall–Kier alpha value is 0.782. The van der Waals surface area contributed by atoms with Gasteiger partial charge >= 0.3 is 13.6 Å². The lowest BCUT2D eigenvalue weighted by molar-refractivity contribution is 0.238. The SMILES string of the molecule is CCCCC(CC)C[O][Al]([Cl])[CH2]C(C)C. The lowest BCUT2D eigenvalue weighted by Gasteiger charge is -2.17. The molecule has 0 aliphatic heterocycles. The smallest absolute Gasteiger partial charge is 0.489 e. The molecule has 0 radical (unpaired) electrons. The third-order valence-electron chi connectivity index (χ3n) is 2.71. The van der Waals surface area contributed by atoms with E-state index in [4.69, 9.17) is 13.8 Å². The summed E-state index contributed by atoms with van der Waals surface area (Å²) in [7, 11) is 6.23. The first-order chi connectivity index (χ1) is 7.10. The highest BCUT2D eigenvalue weighted by molar-refractivity contribution is 7.03. The quantitative estimate of drug-likeness (QED) is 0.542. The monoisotopic (exact) mass is 248 g/mol. The second kappa shape index (κ2) is 9.97. The molecule has 0 aromatic carbocycles. The molecule has 0 spiro atoms. The predicted molar refractivity (Wildman–Crippen MR) is 70.5 cm³/mol. The van der Waals surface area contributed by atoms with Gasteiger partial charge in [0.1, 0.15) is 0 Å². The zero-order valence-electron chi connectivity index (χ0n) is 10.8. The Morgan fingerprint density at radius 3 is 2.40 bits per heavy atom. The lowest BCUT2D eigenvalue weighted by atomic mass is 10.0. The van der Waals surface area contributed by atoms with E-state index < -0.39 is 13.6 Å². The minimum atomic E-state index is -1.39. The Bertz CT molecular complexity index is 142. The van der Waals surface area contributed by atoms with Gasteiger partial charge in [0, 0.05) is 6.61 Å². The molecule has 0 heterocycles. The van der Waals surface area contributed by atoms with Crippen LogP contribution in [0.4, 0.5) is 0 Å². The predicted octanol–water partition coefficient (Wildman–Crippen LogP) is 4.60. The van der Waals surface area contributed by atoms with E-state index in [9.17, 15) is 0 Å². The standard InChI is InChI=1S/C8H17O.C4H9.Al.ClH/c1-3-5-6-8(4-2)7-9;1-4(2)3;;/h8H,3-7H2,1-2H3;4H,1H2,2-3H3;;1H/q-1;;+2;/p-1. The van der Waals surface area contributed by atoms with Crippen LogP contribution in [0.2, 0.25) is 5.28 Å². The fraction of sp³-hybridized carbons (Fsp3) is 1.00. The maximum Gasteiger partial charge on any atom is 0.591 e. The van der Waals surface area contributed by atoms with Crippen LogP contribution in [-0.2, 0) is 3.79 Å². The minimum absolute atomic E-state index is 0.676. The van der Waals surface area contributed by atoms with E-state index in [0.29, 0.717) is 5.92 Å². The summed E-state index contributed by atoms with van der Waals surface area (Å²) in [5, 5.41) is 1.09. The van der Waals surface area contributed by atoms with Crippen molar-refractivity contribution in [1.82, 2.24) is 0 Å². The second-order valence-electron chi connectivity index (χ2n) is 4.79. The van der Waals surface area contributed by atoms with E-state index in [1.54, 1.807) is 0 Å². The molecule has 0 N–H and O–H groups in total. The summed E-state index contributed by atoms with van der Waals surface area (Å²) >= 11 is -1.39. The van der Waals surface area contributed by atoms with Gasteiger partial charge in [-0.3, -0.25) is 0 Å². The van der Waals surface area contributed by atoms with Crippen molar-refractivity contribution in [2.24, 2.45) is 11.8 Å². The average Bonchev–Trinajstić information content (AvgIpc) is 2.17. The number of rotatable bonds is 9. The molecule has 0 amide bonds. The molecule has 0 aromatic rings. The highest BCUT2D eigenvalue weighted by atomic mass is 35.6. The van der Waals surface area contributed by atoms with Crippen LogP contribution in [-0.4, -0.2) is 20.2 Å². The Labute approximate surface area is 104 Å². The van der Waals surface area contributed by atoms with Crippen LogP contribution in [0.15, 0.2) is 0 Å². The molecule has 0 fully saturated rings. The minimum Gasteiger partial charge on any atom is -0.489 e. The summed E-state index contributed by atoms with van der Waals surface area (Å²) in [5.74, 6) is 1.40. The normalized spacial score (nSPS) is 13.2. The molecule has 90 valence electrons. The Morgan fingerprint density at radius 1 is 1.27 bits per heavy atom. The third-order valence-corrected chi connectivity index (χ3v) is 5.49. The van der Waals surface area contributed by atoms with Crippen molar-refractivity contribution >= 4 is 23.6 Å². The highest BCUT2D eigenvalue weighted by Crippen LogP contribution is 2.16. The number of hydrogen-bond donors (Lipinski definition) is 0. The summed E-state index contributed by atoms with van der Waals surface area (Å²) < 4.78 is 5.81. The van der Waals surface area contributed by atoms with E-state index in [1.165, 1.54) is 25.7 Å². The summed E-state index contributed by atoms with van der Waals surface area (Å²) in [6.07, 6.45) is 5.12. The van der Waals surface area contributed by atoms with Gasteiger partial charge in [-0.25, -0.2) is 10.0 Å². The molecule has 0 rings (SSSR count). The molecule has 0 aliphatic carbocycles. The number of hydrogen-bond acceptors (Lipinski definition) is 1. The fourth-order valence-corrected chi connectivity index (χ4v) is 4.22. The van der Waals surface area contributed by atoms with Crippen molar-refractivity contribution in [3.8, 4) is 0 Å². The molecule has 0 saturated carbocycles. The van der Waals surface area contributed by atoms with Crippen LogP contribution in [0, 0.1) is 11.8 Å². The Balaban J connectivity index is 3.60. The molecule has 3 heteroatoms. The topological polar surface area (TPSA) is 9.23 Å². The van der Waals surface area contributed by atoms with Gasteiger partial charge in [-0.15, -0.1) is 0 Å². The molecule has 0 aromatic heterocycles. The molecule has 0 bridgehead atoms. The molecule has 0 saturated heterocycles. The van der Waals surface area contributed by atoms with Crippen LogP contribution >= 0.6 is 10.0 Å². The van der Waals surface area contributed by atoms with Crippen LogP contribution in [0.1, 0.15) is 53.4 Å². The van der Waals surface area contributed by atoms with E-state index in [1.807, 2.05) is 0 Å².